The number of amides is 1. The van der Waals surface area contributed by atoms with Gasteiger partial charge in [0.2, 0.25) is 0 Å². The van der Waals surface area contributed by atoms with E-state index in [1.807, 2.05) is 39.0 Å². The van der Waals surface area contributed by atoms with E-state index in [4.69, 9.17) is 8.83 Å². The Balaban J connectivity index is 1.65. The minimum atomic E-state index is -0.200. The van der Waals surface area contributed by atoms with Crippen molar-refractivity contribution >= 4 is 28.8 Å². The third kappa shape index (κ3) is 3.76. The minimum absolute atomic E-state index is 0.0774. The van der Waals surface area contributed by atoms with Crippen LogP contribution in [-0.4, -0.2) is 16.9 Å². The second kappa shape index (κ2) is 6.50. The van der Waals surface area contributed by atoms with Gasteiger partial charge in [-0.05, 0) is 50.6 Å². The summed E-state index contributed by atoms with van der Waals surface area (Å²) in [7, 11) is 0. The molecule has 0 bridgehead atoms. The molecular weight excluding hydrogens is 312 g/mol. The molecule has 0 aliphatic carbocycles. The molecule has 120 valence electrons. The third-order valence-electron chi connectivity index (χ3n) is 3.17. The summed E-state index contributed by atoms with van der Waals surface area (Å²) in [5.74, 6) is 1.39. The zero-order chi connectivity index (χ0) is 16.4. The van der Waals surface area contributed by atoms with Gasteiger partial charge in [0.15, 0.2) is 11.3 Å². The molecule has 0 radical (unpaired) electrons. The lowest BCUT2D eigenvalue weighted by Crippen LogP contribution is -2.29. The van der Waals surface area contributed by atoms with Gasteiger partial charge in [-0.3, -0.25) is 4.79 Å². The number of hydrogen-bond acceptors (Lipinski definition) is 5. The molecule has 0 aliphatic rings. The molecule has 0 spiro atoms. The maximum absolute atomic E-state index is 11.8. The maximum Gasteiger partial charge on any atom is 0.287 e. The molecule has 0 unspecified atom stereocenters. The van der Waals surface area contributed by atoms with E-state index in [1.54, 1.807) is 12.1 Å². The van der Waals surface area contributed by atoms with Gasteiger partial charge in [-0.15, -0.1) is 0 Å². The number of rotatable bonds is 5. The highest BCUT2D eigenvalue weighted by Gasteiger charge is 2.13. The molecule has 0 fully saturated rings. The fourth-order valence-corrected chi connectivity index (χ4v) is 2.85. The van der Waals surface area contributed by atoms with Gasteiger partial charge in [-0.2, -0.15) is 0 Å². The van der Waals surface area contributed by atoms with Crippen LogP contribution in [0.5, 0.6) is 0 Å². The molecule has 1 amide bonds. The average Bonchev–Trinajstić information content (AvgIpc) is 3.10. The number of carbonyl (C=O) groups is 1. The molecule has 2 heterocycles. The number of nitrogens with zero attached hydrogens (tertiary/aromatic N) is 1. The number of carbonyl (C=O) groups excluding carboxylic acids is 1. The Morgan fingerprint density at radius 1 is 1.26 bits per heavy atom. The van der Waals surface area contributed by atoms with E-state index in [9.17, 15) is 4.79 Å². The summed E-state index contributed by atoms with van der Waals surface area (Å²) in [6, 6.07) is 9.47. The van der Waals surface area contributed by atoms with E-state index in [0.717, 1.165) is 16.7 Å². The van der Waals surface area contributed by atoms with E-state index < -0.39 is 0 Å². The topological polar surface area (TPSA) is 68.3 Å². The highest BCUT2D eigenvalue weighted by Crippen LogP contribution is 2.27. The Morgan fingerprint density at radius 2 is 2.09 bits per heavy atom. The second-order valence-corrected chi connectivity index (χ2v) is 6.56. The maximum atomic E-state index is 11.8. The van der Waals surface area contributed by atoms with Gasteiger partial charge in [-0.1, -0.05) is 17.8 Å². The predicted molar refractivity (Wildman–Crippen MR) is 89.6 cm³/mol. The molecule has 23 heavy (non-hydrogen) atoms. The van der Waals surface area contributed by atoms with Gasteiger partial charge in [-0.25, -0.2) is 4.98 Å². The van der Waals surface area contributed by atoms with Crippen LogP contribution in [0.1, 0.15) is 35.7 Å². The normalized spacial score (nSPS) is 11.3. The lowest BCUT2D eigenvalue weighted by Gasteiger charge is -2.05. The van der Waals surface area contributed by atoms with Crippen LogP contribution in [0.3, 0.4) is 0 Å². The number of aromatic nitrogens is 1. The monoisotopic (exact) mass is 330 g/mol. The summed E-state index contributed by atoms with van der Waals surface area (Å²) < 4.78 is 11.2. The van der Waals surface area contributed by atoms with Crippen molar-refractivity contribution in [2.45, 2.75) is 37.8 Å². The molecule has 3 rings (SSSR count). The summed E-state index contributed by atoms with van der Waals surface area (Å²) in [5, 5.41) is 3.39. The number of furan rings is 1. The van der Waals surface area contributed by atoms with E-state index in [0.29, 0.717) is 22.5 Å². The molecule has 5 nitrogen and oxygen atoms in total. The molecular formula is C17H18N2O3S. The Labute approximate surface area is 138 Å². The number of nitrogens with one attached hydrogen (secondary N) is 1. The number of aryl methyl sites for hydroxylation is 1. The molecule has 0 saturated carbocycles. The van der Waals surface area contributed by atoms with E-state index in [-0.39, 0.29) is 11.9 Å². The Kier molecular flexibility index (Phi) is 4.43. The zero-order valence-corrected chi connectivity index (χ0v) is 14.1. The summed E-state index contributed by atoms with van der Waals surface area (Å²) in [4.78, 5) is 16.3. The number of fused-ring (bicyclic) bond motifs is 1. The van der Waals surface area contributed by atoms with Gasteiger partial charge < -0.3 is 14.2 Å². The quantitative estimate of drug-likeness (QED) is 0.711. The van der Waals surface area contributed by atoms with Crippen molar-refractivity contribution in [3.8, 4) is 0 Å². The standard InChI is InChI=1S/C17H18N2O3S/c1-10(2)18-16(20)15-7-5-12(21-15)9-23-17-19-13-8-11(3)4-6-14(13)22-17/h4-8,10H,9H2,1-3H3,(H,18,20). The van der Waals surface area contributed by atoms with E-state index >= 15 is 0 Å². The molecule has 6 heteroatoms. The first-order valence-electron chi connectivity index (χ1n) is 7.41. The first kappa shape index (κ1) is 15.7. The highest BCUT2D eigenvalue weighted by molar-refractivity contribution is 7.98. The summed E-state index contributed by atoms with van der Waals surface area (Å²) in [5.41, 5.74) is 2.77. The molecule has 1 N–H and O–H groups in total. The van der Waals surface area contributed by atoms with Crippen LogP contribution in [-0.2, 0) is 5.75 Å². The lowest BCUT2D eigenvalue weighted by atomic mass is 10.2. The molecule has 2 aromatic heterocycles. The largest absolute Gasteiger partial charge is 0.455 e. The Bertz CT molecular complexity index is 835. The van der Waals surface area contributed by atoms with Crippen molar-refractivity contribution in [3.63, 3.8) is 0 Å². The van der Waals surface area contributed by atoms with E-state index in [2.05, 4.69) is 10.3 Å². The van der Waals surface area contributed by atoms with Crippen molar-refractivity contribution in [3.05, 3.63) is 47.4 Å². The lowest BCUT2D eigenvalue weighted by molar-refractivity contribution is 0.0914. The average molecular weight is 330 g/mol. The van der Waals surface area contributed by atoms with Crippen LogP contribution in [0.15, 0.2) is 44.4 Å². The van der Waals surface area contributed by atoms with Gasteiger partial charge in [0.05, 0.1) is 5.75 Å². The first-order chi connectivity index (χ1) is 11.0. The van der Waals surface area contributed by atoms with Crippen LogP contribution in [0.25, 0.3) is 11.1 Å². The smallest absolute Gasteiger partial charge is 0.287 e. The van der Waals surface area contributed by atoms with Gasteiger partial charge in [0.25, 0.3) is 11.1 Å². The van der Waals surface area contributed by atoms with E-state index in [1.165, 1.54) is 11.8 Å². The first-order valence-corrected chi connectivity index (χ1v) is 8.39. The molecule has 0 atom stereocenters. The predicted octanol–water partition coefficient (Wildman–Crippen LogP) is 4.16. The summed E-state index contributed by atoms with van der Waals surface area (Å²) in [6.45, 7) is 5.84. The van der Waals surface area contributed by atoms with Crippen molar-refractivity contribution in [1.29, 1.82) is 0 Å². The number of oxazole rings is 1. The second-order valence-electron chi connectivity index (χ2n) is 5.63. The number of benzene rings is 1. The Morgan fingerprint density at radius 3 is 2.87 bits per heavy atom. The molecule has 0 aliphatic heterocycles. The summed E-state index contributed by atoms with van der Waals surface area (Å²) in [6.07, 6.45) is 0. The molecule has 0 saturated heterocycles. The van der Waals surface area contributed by atoms with Crippen LogP contribution < -0.4 is 5.32 Å². The fraction of sp³-hybridized carbons (Fsp3) is 0.294. The highest BCUT2D eigenvalue weighted by atomic mass is 32.2. The van der Waals surface area contributed by atoms with Crippen LogP contribution in [0.2, 0.25) is 0 Å². The third-order valence-corrected chi connectivity index (χ3v) is 4.02. The SMILES string of the molecule is Cc1ccc2oc(SCc3ccc(C(=O)NC(C)C)o3)nc2c1. The molecule has 3 aromatic rings. The van der Waals surface area contributed by atoms with Crippen molar-refractivity contribution in [1.82, 2.24) is 10.3 Å². The van der Waals surface area contributed by atoms with Crippen LogP contribution in [0, 0.1) is 6.92 Å². The zero-order valence-electron chi connectivity index (χ0n) is 13.3. The summed E-state index contributed by atoms with van der Waals surface area (Å²) >= 11 is 1.44. The molecule has 1 aromatic carbocycles. The number of hydrogen-bond donors (Lipinski definition) is 1. The van der Waals surface area contributed by atoms with Crippen molar-refractivity contribution in [2.75, 3.05) is 0 Å². The minimum Gasteiger partial charge on any atom is -0.455 e. The fourth-order valence-electron chi connectivity index (χ4n) is 2.12. The van der Waals surface area contributed by atoms with Crippen LogP contribution >= 0.6 is 11.8 Å². The van der Waals surface area contributed by atoms with Gasteiger partial charge >= 0.3 is 0 Å². The van der Waals surface area contributed by atoms with Gasteiger partial charge in [0, 0.05) is 6.04 Å². The van der Waals surface area contributed by atoms with Gasteiger partial charge in [0.1, 0.15) is 11.3 Å². The van der Waals surface area contributed by atoms with Crippen molar-refractivity contribution in [2.24, 2.45) is 0 Å². The Hall–Kier alpha value is -2.21. The van der Waals surface area contributed by atoms with Crippen LogP contribution in [0.4, 0.5) is 0 Å². The van der Waals surface area contributed by atoms with Crippen molar-refractivity contribution < 1.29 is 13.6 Å². The number of thioether (sulfide) groups is 1.